The number of nitrogens with zero attached hydrogens (tertiary/aromatic N) is 2. The molecule has 0 aliphatic carbocycles. The van der Waals surface area contributed by atoms with Crippen molar-refractivity contribution in [2.75, 3.05) is 18.4 Å². The Balaban J connectivity index is 1.59. The Morgan fingerprint density at radius 3 is 2.44 bits per heavy atom. The molecule has 2 aromatic rings. The highest BCUT2D eigenvalue weighted by Crippen LogP contribution is 2.23. The molecule has 1 N–H and O–H groups in total. The van der Waals surface area contributed by atoms with E-state index in [-0.39, 0.29) is 23.5 Å². The first kappa shape index (κ1) is 20.0. The lowest BCUT2D eigenvalue weighted by Gasteiger charge is -2.34. The number of aromatic nitrogens is 1. The number of ether oxygens (including phenoxy) is 1. The Hall–Kier alpha value is -1.76. The molecule has 1 aromatic heterocycles. The number of anilines is 1. The molecule has 0 unspecified atom stereocenters. The molecule has 5 nitrogen and oxygen atoms in total. The summed E-state index contributed by atoms with van der Waals surface area (Å²) in [7, 11) is 0. The Morgan fingerprint density at radius 2 is 1.85 bits per heavy atom. The van der Waals surface area contributed by atoms with Gasteiger partial charge >= 0.3 is 0 Å². The Bertz CT molecular complexity index is 769. The Morgan fingerprint density at radius 1 is 1.22 bits per heavy atom. The number of thiazole rings is 1. The summed E-state index contributed by atoms with van der Waals surface area (Å²) in [5, 5.41) is 5.58. The molecule has 1 amide bonds. The van der Waals surface area contributed by atoms with Crippen LogP contribution >= 0.6 is 11.3 Å². The van der Waals surface area contributed by atoms with Gasteiger partial charge in [0.25, 0.3) is 5.91 Å². The molecule has 1 aliphatic rings. The first-order chi connectivity index (χ1) is 12.7. The maximum Gasteiger partial charge on any atom is 0.257 e. The first-order valence-corrected chi connectivity index (χ1v) is 10.3. The predicted octanol–water partition coefficient (Wildman–Crippen LogP) is 4.30. The number of benzene rings is 1. The molecule has 3 rings (SSSR count). The lowest BCUT2D eigenvalue weighted by atomic mass is 9.87. The summed E-state index contributed by atoms with van der Waals surface area (Å²) >= 11 is 1.47. The summed E-state index contributed by atoms with van der Waals surface area (Å²) in [6, 6.07) is 7.79. The fraction of sp³-hybridized carbons (Fsp3) is 0.524. The van der Waals surface area contributed by atoms with Crippen LogP contribution in [0.5, 0.6) is 0 Å². The predicted molar refractivity (Wildman–Crippen MR) is 110 cm³/mol. The summed E-state index contributed by atoms with van der Waals surface area (Å²) in [5.74, 6) is -0.120. The molecule has 2 heterocycles. The van der Waals surface area contributed by atoms with E-state index in [9.17, 15) is 4.79 Å². The number of carbonyl (C=O) groups excluding carboxylic acids is 1. The molecule has 1 aromatic carbocycles. The van der Waals surface area contributed by atoms with Crippen molar-refractivity contribution in [2.24, 2.45) is 0 Å². The van der Waals surface area contributed by atoms with Crippen molar-refractivity contribution in [1.29, 1.82) is 0 Å². The van der Waals surface area contributed by atoms with Crippen LogP contribution in [-0.4, -0.2) is 41.1 Å². The lowest BCUT2D eigenvalue weighted by molar-refractivity contribution is -0.0707. The van der Waals surface area contributed by atoms with Crippen molar-refractivity contribution in [1.82, 2.24) is 9.88 Å². The molecule has 0 saturated carbocycles. The molecular weight excluding hydrogens is 358 g/mol. The second-order valence-corrected chi connectivity index (χ2v) is 9.23. The molecule has 2 atom stereocenters. The third-order valence-corrected chi connectivity index (χ3v) is 5.47. The molecule has 1 fully saturated rings. The van der Waals surface area contributed by atoms with Gasteiger partial charge in [0, 0.05) is 30.6 Å². The van der Waals surface area contributed by atoms with E-state index in [1.165, 1.54) is 16.9 Å². The minimum Gasteiger partial charge on any atom is -0.373 e. The van der Waals surface area contributed by atoms with Gasteiger partial charge in [-0.25, -0.2) is 4.98 Å². The van der Waals surface area contributed by atoms with Gasteiger partial charge in [0.2, 0.25) is 0 Å². The normalized spacial score (nSPS) is 21.2. The van der Waals surface area contributed by atoms with Crippen LogP contribution in [0.4, 0.5) is 5.13 Å². The largest absolute Gasteiger partial charge is 0.373 e. The topological polar surface area (TPSA) is 54.5 Å². The number of carbonyl (C=O) groups is 1. The number of amides is 1. The zero-order valence-electron chi connectivity index (χ0n) is 16.8. The van der Waals surface area contributed by atoms with Crippen molar-refractivity contribution in [2.45, 2.75) is 58.8 Å². The van der Waals surface area contributed by atoms with E-state index in [1.807, 2.05) is 29.6 Å². The first-order valence-electron chi connectivity index (χ1n) is 9.45. The van der Waals surface area contributed by atoms with E-state index in [0.29, 0.717) is 10.7 Å². The molecular formula is C21H29N3O2S. The van der Waals surface area contributed by atoms with Crippen LogP contribution in [0.1, 0.15) is 56.2 Å². The van der Waals surface area contributed by atoms with Gasteiger partial charge < -0.3 is 4.74 Å². The summed E-state index contributed by atoms with van der Waals surface area (Å²) in [5.41, 5.74) is 2.92. The summed E-state index contributed by atoms with van der Waals surface area (Å²) in [6.07, 6.45) is 0.477. The van der Waals surface area contributed by atoms with Gasteiger partial charge in [-0.3, -0.25) is 15.0 Å². The number of nitrogens with one attached hydrogen (secondary N) is 1. The molecule has 0 bridgehead atoms. The zero-order chi connectivity index (χ0) is 19.6. The van der Waals surface area contributed by atoms with Crippen molar-refractivity contribution in [3.8, 4) is 0 Å². The van der Waals surface area contributed by atoms with E-state index < -0.39 is 0 Å². The molecule has 146 valence electrons. The number of rotatable bonds is 4. The second-order valence-electron chi connectivity index (χ2n) is 8.38. The third kappa shape index (κ3) is 5.37. The summed E-state index contributed by atoms with van der Waals surface area (Å²) in [4.78, 5) is 19.4. The standard InChI is InChI=1S/C21H29N3O2S/c1-14-10-24(11-15(2)26-14)12-18-13-27-20(22-18)23-19(25)16-6-8-17(9-7-16)21(3,4)5/h6-9,13-15H,10-12H2,1-5H3,(H,22,23,25)/t14-,15-/m1/s1. The Kier molecular flexibility index (Phi) is 5.99. The third-order valence-electron chi connectivity index (χ3n) is 4.67. The van der Waals surface area contributed by atoms with Crippen molar-refractivity contribution in [3.63, 3.8) is 0 Å². The van der Waals surface area contributed by atoms with E-state index in [1.54, 1.807) is 0 Å². The smallest absolute Gasteiger partial charge is 0.257 e. The molecule has 0 spiro atoms. The molecule has 1 saturated heterocycles. The van der Waals surface area contributed by atoms with Crippen LogP contribution < -0.4 is 5.32 Å². The highest BCUT2D eigenvalue weighted by atomic mass is 32.1. The minimum atomic E-state index is -0.120. The van der Waals surface area contributed by atoms with Gasteiger partial charge in [-0.15, -0.1) is 11.3 Å². The maximum absolute atomic E-state index is 12.5. The van der Waals surface area contributed by atoms with Gasteiger partial charge in [0.1, 0.15) is 0 Å². The fourth-order valence-electron chi connectivity index (χ4n) is 3.37. The molecule has 27 heavy (non-hydrogen) atoms. The van der Waals surface area contributed by atoms with Crippen molar-refractivity contribution < 1.29 is 9.53 Å². The van der Waals surface area contributed by atoms with Crippen molar-refractivity contribution >= 4 is 22.4 Å². The number of morpholine rings is 1. The minimum absolute atomic E-state index is 0.0771. The van der Waals surface area contributed by atoms with Gasteiger partial charge in [-0.1, -0.05) is 32.9 Å². The SMILES string of the molecule is C[C@@H]1CN(Cc2csc(NC(=O)c3ccc(C(C)(C)C)cc3)n2)C[C@@H](C)O1. The zero-order valence-corrected chi connectivity index (χ0v) is 17.6. The second kappa shape index (κ2) is 8.09. The van der Waals surface area contributed by atoms with Crippen LogP contribution in [0.15, 0.2) is 29.6 Å². The van der Waals surface area contributed by atoms with Crippen LogP contribution in [-0.2, 0) is 16.7 Å². The van der Waals surface area contributed by atoms with Crippen LogP contribution in [0.3, 0.4) is 0 Å². The quantitative estimate of drug-likeness (QED) is 0.850. The average Bonchev–Trinajstić information content (AvgIpc) is 3.00. The molecule has 6 heteroatoms. The van der Waals surface area contributed by atoms with Crippen LogP contribution in [0, 0.1) is 0 Å². The average molecular weight is 388 g/mol. The monoisotopic (exact) mass is 387 g/mol. The summed E-state index contributed by atoms with van der Waals surface area (Å²) in [6.45, 7) is 13.3. The maximum atomic E-state index is 12.5. The number of hydrogen-bond acceptors (Lipinski definition) is 5. The van der Waals surface area contributed by atoms with Crippen LogP contribution in [0.2, 0.25) is 0 Å². The van der Waals surface area contributed by atoms with E-state index in [2.05, 4.69) is 49.8 Å². The fourth-order valence-corrected chi connectivity index (χ4v) is 4.07. The van der Waals surface area contributed by atoms with E-state index in [0.717, 1.165) is 25.3 Å². The molecule has 1 aliphatic heterocycles. The summed E-state index contributed by atoms with van der Waals surface area (Å²) < 4.78 is 5.77. The van der Waals surface area contributed by atoms with Gasteiger partial charge in [0.05, 0.1) is 17.9 Å². The van der Waals surface area contributed by atoms with Gasteiger partial charge in [-0.2, -0.15) is 0 Å². The Labute approximate surface area is 165 Å². The van der Waals surface area contributed by atoms with Gasteiger partial charge in [0.15, 0.2) is 5.13 Å². The molecule has 0 radical (unpaired) electrons. The van der Waals surface area contributed by atoms with Crippen molar-refractivity contribution in [3.05, 3.63) is 46.5 Å². The van der Waals surface area contributed by atoms with Crippen LogP contribution in [0.25, 0.3) is 0 Å². The number of hydrogen-bond donors (Lipinski definition) is 1. The van der Waals surface area contributed by atoms with Gasteiger partial charge in [-0.05, 0) is 37.0 Å². The highest BCUT2D eigenvalue weighted by molar-refractivity contribution is 7.13. The van der Waals surface area contributed by atoms with E-state index in [4.69, 9.17) is 4.74 Å². The lowest BCUT2D eigenvalue weighted by Crippen LogP contribution is -2.44. The van der Waals surface area contributed by atoms with E-state index >= 15 is 0 Å². The highest BCUT2D eigenvalue weighted by Gasteiger charge is 2.23.